The highest BCUT2D eigenvalue weighted by molar-refractivity contribution is 5.69. The Hall–Kier alpha value is -2.74. The van der Waals surface area contributed by atoms with Gasteiger partial charge < -0.3 is 5.11 Å². The molecule has 124 valence electrons. The second kappa shape index (κ2) is 7.22. The van der Waals surface area contributed by atoms with Gasteiger partial charge in [0.2, 0.25) is 0 Å². The number of hydrogen-bond acceptors (Lipinski definition) is 1. The summed E-state index contributed by atoms with van der Waals surface area (Å²) in [5, 5.41) is 8.94. The van der Waals surface area contributed by atoms with Crippen LogP contribution in [-0.2, 0) is 11.0 Å². The zero-order valence-corrected chi connectivity index (χ0v) is 12.9. The van der Waals surface area contributed by atoms with Gasteiger partial charge in [-0.3, -0.25) is 4.79 Å². The Bertz CT molecular complexity index is 763. The second-order valence-electron chi connectivity index (χ2n) is 5.24. The van der Waals surface area contributed by atoms with Gasteiger partial charge in [0.15, 0.2) is 0 Å². The Morgan fingerprint density at radius 3 is 1.96 bits per heavy atom. The lowest BCUT2D eigenvalue weighted by Gasteiger charge is -2.11. The summed E-state index contributed by atoms with van der Waals surface area (Å²) in [5.41, 5.74) is 1.49. The number of hydrogen-bond donors (Lipinski definition) is 1. The number of benzene rings is 2. The quantitative estimate of drug-likeness (QED) is 0.804. The van der Waals surface area contributed by atoms with E-state index in [1.54, 1.807) is 31.2 Å². The van der Waals surface area contributed by atoms with Crippen LogP contribution in [0, 0.1) is 11.8 Å². The molecule has 0 fully saturated rings. The zero-order valence-electron chi connectivity index (χ0n) is 12.9. The van der Waals surface area contributed by atoms with Gasteiger partial charge in [-0.15, -0.1) is 5.92 Å². The van der Waals surface area contributed by atoms with Crippen LogP contribution in [0.4, 0.5) is 13.2 Å². The average Bonchev–Trinajstić information content (AvgIpc) is 2.54. The third kappa shape index (κ3) is 4.39. The summed E-state index contributed by atoms with van der Waals surface area (Å²) in [6, 6.07) is 11.9. The molecule has 0 spiro atoms. The predicted octanol–water partition coefficient (Wildman–Crippen LogP) is 4.95. The predicted molar refractivity (Wildman–Crippen MR) is 85.3 cm³/mol. The van der Waals surface area contributed by atoms with Gasteiger partial charge in [-0.05, 0) is 35.7 Å². The molecule has 1 atom stereocenters. The number of carboxylic acids is 1. The van der Waals surface area contributed by atoms with Crippen LogP contribution in [0.15, 0.2) is 48.5 Å². The van der Waals surface area contributed by atoms with Gasteiger partial charge >= 0.3 is 12.1 Å². The van der Waals surface area contributed by atoms with E-state index >= 15 is 0 Å². The van der Waals surface area contributed by atoms with E-state index in [1.807, 2.05) is 0 Å². The smallest absolute Gasteiger partial charge is 0.416 e. The molecule has 0 aliphatic rings. The molecule has 0 saturated heterocycles. The highest BCUT2D eigenvalue weighted by Crippen LogP contribution is 2.31. The van der Waals surface area contributed by atoms with Gasteiger partial charge in [0.05, 0.1) is 17.9 Å². The minimum atomic E-state index is -4.36. The Balaban J connectivity index is 2.24. The largest absolute Gasteiger partial charge is 0.481 e. The maximum atomic E-state index is 12.6. The summed E-state index contributed by atoms with van der Waals surface area (Å²) < 4.78 is 37.7. The third-order valence-electron chi connectivity index (χ3n) is 3.56. The molecule has 5 heteroatoms. The molecular weight excluding hydrogens is 317 g/mol. The molecule has 0 aromatic heterocycles. The maximum absolute atomic E-state index is 12.6. The molecular formula is C19H15F3O2. The molecule has 0 saturated carbocycles. The molecule has 2 rings (SSSR count). The van der Waals surface area contributed by atoms with Crippen LogP contribution in [0.3, 0.4) is 0 Å². The summed E-state index contributed by atoms with van der Waals surface area (Å²) >= 11 is 0. The molecule has 1 N–H and O–H groups in total. The van der Waals surface area contributed by atoms with Crippen molar-refractivity contribution in [3.05, 3.63) is 59.7 Å². The van der Waals surface area contributed by atoms with Crippen molar-refractivity contribution in [1.82, 2.24) is 0 Å². The molecule has 2 nitrogen and oxygen atoms in total. The third-order valence-corrected chi connectivity index (χ3v) is 3.56. The van der Waals surface area contributed by atoms with Crippen LogP contribution in [0.25, 0.3) is 11.1 Å². The molecule has 0 heterocycles. The highest BCUT2D eigenvalue weighted by atomic mass is 19.4. The van der Waals surface area contributed by atoms with Crippen molar-refractivity contribution < 1.29 is 23.1 Å². The normalized spacial score (nSPS) is 12.2. The van der Waals surface area contributed by atoms with Crippen molar-refractivity contribution in [1.29, 1.82) is 0 Å². The van der Waals surface area contributed by atoms with Crippen molar-refractivity contribution >= 4 is 5.97 Å². The van der Waals surface area contributed by atoms with Crippen molar-refractivity contribution in [3.63, 3.8) is 0 Å². The monoisotopic (exact) mass is 332 g/mol. The zero-order chi connectivity index (χ0) is 17.7. The molecule has 0 amide bonds. The van der Waals surface area contributed by atoms with Gasteiger partial charge in [-0.2, -0.15) is 13.2 Å². The van der Waals surface area contributed by atoms with Crippen molar-refractivity contribution in [2.75, 3.05) is 0 Å². The van der Waals surface area contributed by atoms with Crippen LogP contribution in [0.5, 0.6) is 0 Å². The number of carboxylic acid groups (broad SMARTS) is 1. The van der Waals surface area contributed by atoms with Crippen LogP contribution in [0.2, 0.25) is 0 Å². The van der Waals surface area contributed by atoms with Crippen molar-refractivity contribution in [3.8, 4) is 23.0 Å². The minimum Gasteiger partial charge on any atom is -0.481 e. The topological polar surface area (TPSA) is 37.3 Å². The lowest BCUT2D eigenvalue weighted by Crippen LogP contribution is -2.04. The van der Waals surface area contributed by atoms with Crippen molar-refractivity contribution in [2.24, 2.45) is 0 Å². The number of alkyl halides is 3. The molecule has 1 unspecified atom stereocenters. The lowest BCUT2D eigenvalue weighted by molar-refractivity contribution is -0.138. The van der Waals surface area contributed by atoms with Gasteiger partial charge in [-0.25, -0.2) is 0 Å². The van der Waals surface area contributed by atoms with E-state index in [2.05, 4.69) is 11.8 Å². The summed E-state index contributed by atoms with van der Waals surface area (Å²) in [7, 11) is 0. The molecule has 0 aliphatic carbocycles. The molecule has 2 aromatic rings. The standard InChI is InChI=1S/C19H15F3O2/c1-2-3-16(12-18(23)24)15-6-4-13(5-7-15)14-8-10-17(11-9-14)19(20,21)22/h4-11,16H,12H2,1H3,(H,23,24). The van der Waals surface area contributed by atoms with Crippen LogP contribution >= 0.6 is 0 Å². The van der Waals surface area contributed by atoms with E-state index in [9.17, 15) is 18.0 Å². The van der Waals surface area contributed by atoms with Crippen LogP contribution in [0.1, 0.15) is 30.4 Å². The van der Waals surface area contributed by atoms with E-state index in [-0.39, 0.29) is 6.42 Å². The van der Waals surface area contributed by atoms with Gasteiger partial charge in [0, 0.05) is 0 Å². The minimum absolute atomic E-state index is 0.0968. The van der Waals surface area contributed by atoms with E-state index < -0.39 is 23.6 Å². The highest BCUT2D eigenvalue weighted by Gasteiger charge is 2.29. The van der Waals surface area contributed by atoms with Crippen LogP contribution in [-0.4, -0.2) is 11.1 Å². The summed E-state index contributed by atoms with van der Waals surface area (Å²) in [4.78, 5) is 10.9. The molecule has 24 heavy (non-hydrogen) atoms. The van der Waals surface area contributed by atoms with Gasteiger partial charge in [0.25, 0.3) is 0 Å². The SMILES string of the molecule is CC#CC(CC(=O)O)c1ccc(-c2ccc(C(F)(F)F)cc2)cc1. The molecule has 0 radical (unpaired) electrons. The van der Waals surface area contributed by atoms with Crippen LogP contribution < -0.4 is 0 Å². The summed E-state index contributed by atoms with van der Waals surface area (Å²) in [6.07, 6.45) is -4.45. The summed E-state index contributed by atoms with van der Waals surface area (Å²) in [5.74, 6) is 4.23. The first-order chi connectivity index (χ1) is 11.3. The number of carbonyl (C=O) groups is 1. The van der Waals surface area contributed by atoms with E-state index in [0.717, 1.165) is 23.3 Å². The van der Waals surface area contributed by atoms with Crippen molar-refractivity contribution in [2.45, 2.75) is 25.4 Å². The lowest BCUT2D eigenvalue weighted by atomic mass is 9.94. The molecule has 0 aliphatic heterocycles. The Morgan fingerprint density at radius 2 is 1.54 bits per heavy atom. The van der Waals surface area contributed by atoms with Gasteiger partial charge in [0.1, 0.15) is 0 Å². The number of aliphatic carboxylic acids is 1. The van der Waals surface area contributed by atoms with E-state index in [1.165, 1.54) is 12.1 Å². The summed E-state index contributed by atoms with van der Waals surface area (Å²) in [6.45, 7) is 1.64. The Kier molecular flexibility index (Phi) is 5.30. The molecule has 2 aromatic carbocycles. The fourth-order valence-electron chi connectivity index (χ4n) is 2.36. The Labute approximate surface area is 137 Å². The number of rotatable bonds is 4. The van der Waals surface area contributed by atoms with Gasteiger partial charge in [-0.1, -0.05) is 42.3 Å². The molecule has 0 bridgehead atoms. The first-order valence-electron chi connectivity index (χ1n) is 7.23. The second-order valence-corrected chi connectivity index (χ2v) is 5.24. The first-order valence-corrected chi connectivity index (χ1v) is 7.23. The van der Waals surface area contributed by atoms with E-state index in [0.29, 0.717) is 5.56 Å². The number of halogens is 3. The maximum Gasteiger partial charge on any atom is 0.416 e. The fraction of sp³-hybridized carbons (Fsp3) is 0.211. The first kappa shape index (κ1) is 17.6. The fourth-order valence-corrected chi connectivity index (χ4v) is 2.36. The Morgan fingerprint density at radius 1 is 1.04 bits per heavy atom. The average molecular weight is 332 g/mol. The van der Waals surface area contributed by atoms with E-state index in [4.69, 9.17) is 5.11 Å².